The van der Waals surface area contributed by atoms with Gasteiger partial charge in [0.25, 0.3) is 0 Å². The minimum Gasteiger partial charge on any atom is -0.494 e. The number of hydrogen-bond acceptors (Lipinski definition) is 5. The first-order valence-corrected chi connectivity index (χ1v) is 9.04. The Bertz CT molecular complexity index is 1080. The van der Waals surface area contributed by atoms with Gasteiger partial charge in [0.2, 0.25) is 5.91 Å². The van der Waals surface area contributed by atoms with Crippen molar-refractivity contribution >= 4 is 17.4 Å². The monoisotopic (exact) mass is 370 g/mol. The van der Waals surface area contributed by atoms with Gasteiger partial charge in [-0.25, -0.2) is 9.97 Å². The standard InChI is InChI=1S/C22H18N4O2/c1-3-28-17-10-6-15(7-11-17)21-24-19(13-23)18-12-20(27)26(22(18)25-21)16-8-4-14(2)5-9-16/h4-11H,3,12H2,1-2H3. The summed E-state index contributed by atoms with van der Waals surface area (Å²) in [6, 6.07) is 17.1. The third-order valence-electron chi connectivity index (χ3n) is 4.60. The zero-order valence-corrected chi connectivity index (χ0v) is 15.6. The number of amides is 1. The highest BCUT2D eigenvalue weighted by Gasteiger charge is 2.33. The van der Waals surface area contributed by atoms with E-state index in [9.17, 15) is 10.1 Å². The maximum atomic E-state index is 12.7. The van der Waals surface area contributed by atoms with Crippen LogP contribution in [0.4, 0.5) is 11.5 Å². The SMILES string of the molecule is CCOc1ccc(-c2nc(C#N)c3c(n2)N(c2ccc(C)cc2)C(=O)C3)cc1. The molecule has 0 fully saturated rings. The molecule has 0 bridgehead atoms. The molecule has 0 unspecified atom stereocenters. The first kappa shape index (κ1) is 17.7. The Labute approximate surface area is 163 Å². The van der Waals surface area contributed by atoms with Gasteiger partial charge >= 0.3 is 0 Å². The van der Waals surface area contributed by atoms with E-state index < -0.39 is 0 Å². The number of benzene rings is 2. The van der Waals surface area contributed by atoms with E-state index in [0.29, 0.717) is 23.8 Å². The molecule has 0 aliphatic carbocycles. The number of aromatic nitrogens is 2. The number of aryl methyl sites for hydroxylation is 1. The van der Waals surface area contributed by atoms with Crippen molar-refractivity contribution in [1.29, 1.82) is 5.26 Å². The van der Waals surface area contributed by atoms with Crippen LogP contribution in [0.5, 0.6) is 5.75 Å². The average molecular weight is 370 g/mol. The molecule has 6 nitrogen and oxygen atoms in total. The lowest BCUT2D eigenvalue weighted by atomic mass is 10.1. The normalized spacial score (nSPS) is 12.6. The van der Waals surface area contributed by atoms with Crippen molar-refractivity contribution in [1.82, 2.24) is 9.97 Å². The lowest BCUT2D eigenvalue weighted by molar-refractivity contribution is -0.116. The van der Waals surface area contributed by atoms with E-state index in [1.807, 2.05) is 62.4 Å². The summed E-state index contributed by atoms with van der Waals surface area (Å²) in [6.45, 7) is 4.50. The predicted octanol–water partition coefficient (Wildman–Crippen LogP) is 3.94. The average Bonchev–Trinajstić information content (AvgIpc) is 3.04. The van der Waals surface area contributed by atoms with Crippen molar-refractivity contribution in [3.63, 3.8) is 0 Å². The summed E-state index contributed by atoms with van der Waals surface area (Å²) >= 11 is 0. The van der Waals surface area contributed by atoms with Gasteiger partial charge in [-0.2, -0.15) is 5.26 Å². The molecule has 4 rings (SSSR count). The maximum Gasteiger partial charge on any atom is 0.237 e. The topological polar surface area (TPSA) is 79.1 Å². The molecule has 28 heavy (non-hydrogen) atoms. The number of fused-ring (bicyclic) bond motifs is 1. The quantitative estimate of drug-likeness (QED) is 0.695. The first-order valence-electron chi connectivity index (χ1n) is 9.04. The molecule has 3 aromatic rings. The van der Waals surface area contributed by atoms with Crippen molar-refractivity contribution in [2.24, 2.45) is 0 Å². The van der Waals surface area contributed by atoms with Crippen LogP contribution in [-0.2, 0) is 11.2 Å². The van der Waals surface area contributed by atoms with Crippen molar-refractivity contribution in [3.05, 3.63) is 65.4 Å². The molecule has 1 amide bonds. The van der Waals surface area contributed by atoms with Gasteiger partial charge in [0.05, 0.1) is 18.7 Å². The van der Waals surface area contributed by atoms with Gasteiger partial charge < -0.3 is 4.74 Å². The Kier molecular flexibility index (Phi) is 4.50. The second kappa shape index (κ2) is 7.12. The number of nitrogens with zero attached hydrogens (tertiary/aromatic N) is 4. The predicted molar refractivity (Wildman–Crippen MR) is 105 cm³/mol. The Hall–Kier alpha value is -3.72. The molecule has 1 aliphatic heterocycles. The van der Waals surface area contributed by atoms with Crippen molar-refractivity contribution < 1.29 is 9.53 Å². The van der Waals surface area contributed by atoms with Crippen molar-refractivity contribution in [2.75, 3.05) is 11.5 Å². The maximum absolute atomic E-state index is 12.7. The van der Waals surface area contributed by atoms with Gasteiger partial charge in [-0.15, -0.1) is 0 Å². The Balaban J connectivity index is 1.81. The number of anilines is 2. The minimum absolute atomic E-state index is 0.117. The van der Waals surface area contributed by atoms with E-state index >= 15 is 0 Å². The minimum atomic E-state index is -0.117. The summed E-state index contributed by atoms with van der Waals surface area (Å²) in [6.07, 6.45) is 0.121. The number of carbonyl (C=O) groups is 1. The summed E-state index contributed by atoms with van der Waals surface area (Å²) in [5.41, 5.74) is 3.39. The van der Waals surface area contributed by atoms with Crippen LogP contribution in [0.25, 0.3) is 11.4 Å². The highest BCUT2D eigenvalue weighted by molar-refractivity contribution is 6.06. The van der Waals surface area contributed by atoms with E-state index in [1.54, 1.807) is 4.90 Å². The van der Waals surface area contributed by atoms with E-state index in [1.165, 1.54) is 0 Å². The van der Waals surface area contributed by atoms with Crippen molar-refractivity contribution in [2.45, 2.75) is 20.3 Å². The molecule has 0 atom stereocenters. The van der Waals surface area contributed by atoms with Gasteiger partial charge in [-0.3, -0.25) is 9.69 Å². The van der Waals surface area contributed by atoms with E-state index in [-0.39, 0.29) is 18.0 Å². The fraction of sp³-hybridized carbons (Fsp3) is 0.182. The third-order valence-corrected chi connectivity index (χ3v) is 4.60. The highest BCUT2D eigenvalue weighted by atomic mass is 16.5. The molecule has 1 aliphatic rings. The van der Waals surface area contributed by atoms with Crippen LogP contribution < -0.4 is 9.64 Å². The summed E-state index contributed by atoms with van der Waals surface area (Å²) in [7, 11) is 0. The molecular formula is C22H18N4O2. The lowest BCUT2D eigenvalue weighted by Crippen LogP contribution is -2.21. The third kappa shape index (κ3) is 3.08. The zero-order valence-electron chi connectivity index (χ0n) is 15.6. The molecule has 0 radical (unpaired) electrons. The van der Waals surface area contributed by atoms with Gasteiger partial charge in [0.15, 0.2) is 5.82 Å². The number of hydrogen-bond donors (Lipinski definition) is 0. The summed E-state index contributed by atoms with van der Waals surface area (Å²) in [4.78, 5) is 23.3. The van der Waals surface area contributed by atoms with E-state index in [2.05, 4.69) is 16.0 Å². The fourth-order valence-electron chi connectivity index (χ4n) is 3.22. The highest BCUT2D eigenvalue weighted by Crippen LogP contribution is 2.36. The Morgan fingerprint density at radius 1 is 1.11 bits per heavy atom. The van der Waals surface area contributed by atoms with Gasteiger partial charge in [-0.1, -0.05) is 17.7 Å². The molecule has 0 spiro atoms. The van der Waals surface area contributed by atoms with Crippen LogP contribution in [0.3, 0.4) is 0 Å². The molecule has 6 heteroatoms. The second-order valence-corrected chi connectivity index (χ2v) is 6.51. The fourth-order valence-corrected chi connectivity index (χ4v) is 3.22. The van der Waals surface area contributed by atoms with E-state index in [4.69, 9.17) is 4.74 Å². The summed E-state index contributed by atoms with van der Waals surface area (Å²) in [5.74, 6) is 1.52. The smallest absolute Gasteiger partial charge is 0.237 e. The van der Waals surface area contributed by atoms with Crippen LogP contribution in [0, 0.1) is 18.3 Å². The molecule has 0 saturated carbocycles. The van der Waals surface area contributed by atoms with Crippen LogP contribution >= 0.6 is 0 Å². The molecular weight excluding hydrogens is 352 g/mol. The largest absolute Gasteiger partial charge is 0.494 e. The van der Waals surface area contributed by atoms with Crippen LogP contribution in [0.2, 0.25) is 0 Å². The second-order valence-electron chi connectivity index (χ2n) is 6.51. The molecule has 2 heterocycles. The van der Waals surface area contributed by atoms with Gasteiger partial charge in [-0.05, 0) is 50.2 Å². The number of carbonyl (C=O) groups excluding carboxylic acids is 1. The summed E-state index contributed by atoms with van der Waals surface area (Å²) < 4.78 is 5.47. The lowest BCUT2D eigenvalue weighted by Gasteiger charge is -2.17. The Morgan fingerprint density at radius 2 is 1.82 bits per heavy atom. The Morgan fingerprint density at radius 3 is 2.46 bits per heavy atom. The number of rotatable bonds is 4. The van der Waals surface area contributed by atoms with E-state index in [0.717, 1.165) is 22.6 Å². The van der Waals surface area contributed by atoms with Crippen LogP contribution in [0.1, 0.15) is 23.7 Å². The summed E-state index contributed by atoms with van der Waals surface area (Å²) in [5, 5.41) is 9.58. The van der Waals surface area contributed by atoms with Crippen molar-refractivity contribution in [3.8, 4) is 23.2 Å². The molecule has 2 aromatic carbocycles. The number of nitriles is 1. The molecule has 0 saturated heterocycles. The van der Waals surface area contributed by atoms with Gasteiger partial charge in [0.1, 0.15) is 23.3 Å². The van der Waals surface area contributed by atoms with Crippen LogP contribution in [0.15, 0.2) is 48.5 Å². The zero-order chi connectivity index (χ0) is 19.7. The number of ether oxygens (including phenoxy) is 1. The van der Waals surface area contributed by atoms with Crippen LogP contribution in [-0.4, -0.2) is 22.5 Å². The molecule has 1 aromatic heterocycles. The molecule has 0 N–H and O–H groups in total. The molecule has 138 valence electrons. The van der Waals surface area contributed by atoms with Gasteiger partial charge in [0, 0.05) is 11.1 Å². The first-order chi connectivity index (χ1) is 13.6.